The Morgan fingerprint density at radius 1 is 1.35 bits per heavy atom. The molecule has 0 aliphatic heterocycles. The molecule has 0 amide bonds. The molecule has 20 heavy (non-hydrogen) atoms. The number of nitrogens with zero attached hydrogens (tertiary/aromatic N) is 2. The minimum atomic E-state index is -0.468. The summed E-state index contributed by atoms with van der Waals surface area (Å²) in [6.45, 7) is 4.74. The van der Waals surface area contributed by atoms with E-state index in [-0.39, 0.29) is 5.41 Å². The van der Waals surface area contributed by atoms with Gasteiger partial charge in [0.25, 0.3) is 0 Å². The highest BCUT2D eigenvalue weighted by atomic mass is 16.5. The zero-order chi connectivity index (χ0) is 14.6. The van der Waals surface area contributed by atoms with Crippen molar-refractivity contribution in [1.82, 2.24) is 10.1 Å². The van der Waals surface area contributed by atoms with Crippen LogP contribution in [0.4, 0.5) is 0 Å². The number of nitrogens with two attached hydrogens (primary N) is 1. The van der Waals surface area contributed by atoms with Crippen molar-refractivity contribution in [2.45, 2.75) is 64.4 Å². The Labute approximate surface area is 121 Å². The fourth-order valence-electron chi connectivity index (χ4n) is 3.01. The summed E-state index contributed by atoms with van der Waals surface area (Å²) >= 11 is 0. The van der Waals surface area contributed by atoms with E-state index in [1.165, 1.54) is 19.3 Å². The summed E-state index contributed by atoms with van der Waals surface area (Å²) in [6.07, 6.45) is 7.75. The quantitative estimate of drug-likeness (QED) is 0.868. The molecule has 0 spiro atoms. The molecule has 5 nitrogen and oxygen atoms in total. The molecular weight excluding hydrogens is 254 g/mol. The van der Waals surface area contributed by atoms with Crippen molar-refractivity contribution >= 4 is 0 Å². The van der Waals surface area contributed by atoms with Crippen LogP contribution in [0.15, 0.2) is 4.52 Å². The smallest absolute Gasteiger partial charge is 0.227 e. The second kappa shape index (κ2) is 6.22. The molecule has 0 saturated heterocycles. The normalized spacial score (nSPS) is 21.6. The van der Waals surface area contributed by atoms with E-state index in [0.29, 0.717) is 18.3 Å². The summed E-state index contributed by atoms with van der Waals surface area (Å²) < 4.78 is 11.0. The molecule has 1 aliphatic carbocycles. The van der Waals surface area contributed by atoms with Gasteiger partial charge >= 0.3 is 0 Å². The van der Waals surface area contributed by atoms with Gasteiger partial charge < -0.3 is 15.0 Å². The zero-order valence-corrected chi connectivity index (χ0v) is 12.9. The molecule has 1 saturated carbocycles. The van der Waals surface area contributed by atoms with Crippen molar-refractivity contribution < 1.29 is 9.26 Å². The first kappa shape index (κ1) is 15.4. The van der Waals surface area contributed by atoms with Gasteiger partial charge in [0.15, 0.2) is 0 Å². The minimum Gasteiger partial charge on any atom is -0.370 e. The van der Waals surface area contributed by atoms with Crippen LogP contribution in [0.5, 0.6) is 0 Å². The Morgan fingerprint density at radius 3 is 2.60 bits per heavy atom. The molecule has 0 aromatic carbocycles. The monoisotopic (exact) mass is 281 g/mol. The molecule has 1 heterocycles. The summed E-state index contributed by atoms with van der Waals surface area (Å²) in [6, 6.07) is 0. The third-order valence-electron chi connectivity index (χ3n) is 4.94. The summed E-state index contributed by atoms with van der Waals surface area (Å²) in [5.41, 5.74) is 5.70. The van der Waals surface area contributed by atoms with Crippen LogP contribution in [-0.2, 0) is 16.8 Å². The van der Waals surface area contributed by atoms with Gasteiger partial charge in [0.1, 0.15) is 5.60 Å². The first-order chi connectivity index (χ1) is 9.57. The Bertz CT molecular complexity index is 421. The first-order valence-corrected chi connectivity index (χ1v) is 7.66. The molecule has 114 valence electrons. The van der Waals surface area contributed by atoms with Crippen molar-refractivity contribution in [3.63, 3.8) is 0 Å². The molecule has 1 atom stereocenters. The van der Waals surface area contributed by atoms with Gasteiger partial charge in [0, 0.05) is 13.5 Å². The number of ether oxygens (including phenoxy) is 1. The predicted molar refractivity (Wildman–Crippen MR) is 77.2 cm³/mol. The van der Waals surface area contributed by atoms with E-state index in [1.54, 1.807) is 7.11 Å². The van der Waals surface area contributed by atoms with E-state index in [0.717, 1.165) is 25.7 Å². The summed E-state index contributed by atoms with van der Waals surface area (Å²) in [5, 5.41) is 4.11. The molecule has 0 radical (unpaired) electrons. The van der Waals surface area contributed by atoms with Gasteiger partial charge in [-0.1, -0.05) is 31.3 Å². The van der Waals surface area contributed by atoms with Crippen LogP contribution < -0.4 is 5.73 Å². The van der Waals surface area contributed by atoms with E-state index in [9.17, 15) is 0 Å². The highest BCUT2D eigenvalue weighted by molar-refractivity contribution is 5.01. The molecule has 1 aliphatic rings. The highest BCUT2D eigenvalue weighted by Gasteiger charge is 2.35. The van der Waals surface area contributed by atoms with Crippen LogP contribution in [0, 0.1) is 5.41 Å². The molecule has 1 aromatic heterocycles. The standard InChI is InChI=1S/C15H27N3O2/c1-4-14(2,19-3)13-17-12(20-18-13)10-15(11-16)8-6-5-7-9-15/h4-11,16H2,1-3H3. The lowest BCUT2D eigenvalue weighted by atomic mass is 9.72. The van der Waals surface area contributed by atoms with Gasteiger partial charge in [-0.25, -0.2) is 0 Å². The topological polar surface area (TPSA) is 74.2 Å². The zero-order valence-electron chi connectivity index (χ0n) is 12.9. The Hall–Kier alpha value is -0.940. The predicted octanol–water partition coefficient (Wildman–Crippen LogP) is 2.79. The second-order valence-electron chi connectivity index (χ2n) is 6.24. The lowest BCUT2D eigenvalue weighted by Crippen LogP contribution is -2.35. The lowest BCUT2D eigenvalue weighted by molar-refractivity contribution is -0.0106. The van der Waals surface area contributed by atoms with Gasteiger partial charge in [-0.05, 0) is 38.1 Å². The molecule has 5 heteroatoms. The summed E-state index contributed by atoms with van der Waals surface area (Å²) in [5.74, 6) is 1.34. The van der Waals surface area contributed by atoms with E-state index >= 15 is 0 Å². The van der Waals surface area contributed by atoms with Gasteiger partial charge in [0.2, 0.25) is 11.7 Å². The molecule has 1 unspecified atom stereocenters. The van der Waals surface area contributed by atoms with Crippen LogP contribution in [0.3, 0.4) is 0 Å². The fourth-order valence-corrected chi connectivity index (χ4v) is 3.01. The van der Waals surface area contributed by atoms with Gasteiger partial charge in [-0.3, -0.25) is 0 Å². The van der Waals surface area contributed by atoms with Crippen molar-refractivity contribution in [2.75, 3.05) is 13.7 Å². The molecule has 1 aromatic rings. The number of aromatic nitrogens is 2. The fraction of sp³-hybridized carbons (Fsp3) is 0.867. The van der Waals surface area contributed by atoms with Crippen molar-refractivity contribution in [3.05, 3.63) is 11.7 Å². The highest BCUT2D eigenvalue weighted by Crippen LogP contribution is 2.38. The number of methoxy groups -OCH3 is 1. The first-order valence-electron chi connectivity index (χ1n) is 7.66. The third kappa shape index (κ3) is 3.04. The van der Waals surface area contributed by atoms with Crippen LogP contribution in [0.2, 0.25) is 0 Å². The van der Waals surface area contributed by atoms with Crippen LogP contribution in [-0.4, -0.2) is 23.8 Å². The van der Waals surface area contributed by atoms with E-state index in [1.807, 2.05) is 6.92 Å². The minimum absolute atomic E-state index is 0.151. The van der Waals surface area contributed by atoms with Crippen LogP contribution in [0.1, 0.15) is 64.1 Å². The Balaban J connectivity index is 2.12. The SMILES string of the molecule is CCC(C)(OC)c1noc(CC2(CN)CCCCC2)n1. The molecule has 1 fully saturated rings. The second-order valence-corrected chi connectivity index (χ2v) is 6.24. The number of hydrogen-bond acceptors (Lipinski definition) is 5. The molecule has 2 rings (SSSR count). The molecule has 2 N–H and O–H groups in total. The Morgan fingerprint density at radius 2 is 2.05 bits per heavy atom. The maximum atomic E-state index is 6.02. The third-order valence-corrected chi connectivity index (χ3v) is 4.94. The van der Waals surface area contributed by atoms with Crippen LogP contribution >= 0.6 is 0 Å². The van der Waals surface area contributed by atoms with Crippen molar-refractivity contribution in [3.8, 4) is 0 Å². The van der Waals surface area contributed by atoms with Crippen molar-refractivity contribution in [1.29, 1.82) is 0 Å². The number of hydrogen-bond donors (Lipinski definition) is 1. The average Bonchev–Trinajstić information content (AvgIpc) is 2.96. The van der Waals surface area contributed by atoms with E-state index < -0.39 is 5.60 Å². The summed E-state index contributed by atoms with van der Waals surface area (Å²) in [4.78, 5) is 4.55. The van der Waals surface area contributed by atoms with Gasteiger partial charge in [-0.2, -0.15) is 4.98 Å². The Kier molecular flexibility index (Phi) is 4.81. The molecular formula is C15H27N3O2. The largest absolute Gasteiger partial charge is 0.370 e. The maximum absolute atomic E-state index is 6.02. The average molecular weight is 281 g/mol. The van der Waals surface area contributed by atoms with Gasteiger partial charge in [-0.15, -0.1) is 0 Å². The lowest BCUT2D eigenvalue weighted by Gasteiger charge is -2.35. The maximum Gasteiger partial charge on any atom is 0.227 e. The van der Waals surface area contributed by atoms with E-state index in [2.05, 4.69) is 17.1 Å². The van der Waals surface area contributed by atoms with Gasteiger partial charge in [0.05, 0.1) is 0 Å². The number of rotatable bonds is 6. The molecule has 0 bridgehead atoms. The summed E-state index contributed by atoms with van der Waals surface area (Å²) in [7, 11) is 1.68. The van der Waals surface area contributed by atoms with Crippen LogP contribution in [0.25, 0.3) is 0 Å². The van der Waals surface area contributed by atoms with Crippen molar-refractivity contribution in [2.24, 2.45) is 11.1 Å². The van der Waals surface area contributed by atoms with E-state index in [4.69, 9.17) is 15.0 Å².